The Morgan fingerprint density at radius 3 is 1.87 bits per heavy atom. The minimum atomic E-state index is -0.497. The first-order valence-electron chi connectivity index (χ1n) is 18.3. The molecule has 254 valence electrons. The van der Waals surface area contributed by atoms with Gasteiger partial charge in [0.05, 0.1) is 26.0 Å². The van der Waals surface area contributed by atoms with Crippen LogP contribution in [0, 0.1) is 0 Å². The van der Waals surface area contributed by atoms with Gasteiger partial charge in [-0.1, -0.05) is 152 Å². The summed E-state index contributed by atoms with van der Waals surface area (Å²) in [5.41, 5.74) is 12.7. The molecule has 0 aliphatic heterocycles. The summed E-state index contributed by atoms with van der Waals surface area (Å²) in [5.74, 6) is 0. The van der Waals surface area contributed by atoms with E-state index in [1.54, 1.807) is 11.3 Å². The van der Waals surface area contributed by atoms with E-state index in [9.17, 15) is 0 Å². The van der Waals surface area contributed by atoms with E-state index in [4.69, 9.17) is 4.98 Å². The summed E-state index contributed by atoms with van der Waals surface area (Å²) in [4.78, 5) is 7.65. The van der Waals surface area contributed by atoms with Crippen molar-refractivity contribution in [3.05, 3.63) is 216 Å². The van der Waals surface area contributed by atoms with Crippen LogP contribution in [0.3, 0.4) is 0 Å². The molecule has 10 aromatic rings. The van der Waals surface area contributed by atoms with E-state index < -0.39 is 5.41 Å². The van der Waals surface area contributed by atoms with Crippen LogP contribution in [-0.2, 0) is 5.41 Å². The van der Waals surface area contributed by atoms with E-state index in [0.29, 0.717) is 0 Å². The molecule has 0 spiro atoms. The van der Waals surface area contributed by atoms with Crippen molar-refractivity contribution in [1.82, 2.24) is 4.98 Å². The van der Waals surface area contributed by atoms with Gasteiger partial charge in [0, 0.05) is 32.4 Å². The molecule has 8 aromatic carbocycles. The summed E-state index contributed by atoms with van der Waals surface area (Å²) in [6, 6.07) is 71.0. The van der Waals surface area contributed by atoms with Crippen molar-refractivity contribution < 1.29 is 0 Å². The molecule has 0 fully saturated rings. The second kappa shape index (κ2) is 12.4. The second-order valence-corrected chi connectivity index (χ2v) is 16.0. The van der Waals surface area contributed by atoms with Crippen LogP contribution in [0.5, 0.6) is 0 Å². The molecule has 54 heavy (non-hydrogen) atoms. The van der Waals surface area contributed by atoms with Gasteiger partial charge in [0.15, 0.2) is 0 Å². The molecular formula is C50H32N2S2. The third kappa shape index (κ3) is 4.67. The molecule has 0 atom stereocenters. The van der Waals surface area contributed by atoms with Crippen LogP contribution in [0.4, 0.5) is 17.1 Å². The smallest absolute Gasteiger partial charge is 0.124 e. The van der Waals surface area contributed by atoms with Crippen LogP contribution in [0.2, 0.25) is 0 Å². The lowest BCUT2D eigenvalue weighted by Crippen LogP contribution is -2.28. The summed E-state index contributed by atoms with van der Waals surface area (Å²) in [5, 5.41) is 3.60. The number of nitrogens with zero attached hydrogens (tertiary/aromatic N) is 2. The number of aromatic nitrogens is 1. The number of benzene rings is 8. The zero-order chi connectivity index (χ0) is 35.6. The minimum absolute atomic E-state index is 0.497. The molecule has 0 amide bonds. The number of hydrogen-bond acceptors (Lipinski definition) is 4. The molecule has 2 aromatic heterocycles. The lowest BCUT2D eigenvalue weighted by atomic mass is 9.67. The normalized spacial score (nSPS) is 13.0. The second-order valence-electron chi connectivity index (χ2n) is 13.9. The van der Waals surface area contributed by atoms with E-state index in [2.05, 4.69) is 199 Å². The van der Waals surface area contributed by atoms with Crippen molar-refractivity contribution >= 4 is 70.1 Å². The highest BCUT2D eigenvalue weighted by molar-refractivity contribution is 7.26. The Morgan fingerprint density at radius 1 is 0.444 bits per heavy atom. The predicted octanol–water partition coefficient (Wildman–Crippen LogP) is 14.2. The zero-order valence-corrected chi connectivity index (χ0v) is 30.8. The van der Waals surface area contributed by atoms with Crippen LogP contribution < -0.4 is 4.90 Å². The monoisotopic (exact) mass is 724 g/mol. The summed E-state index contributed by atoms with van der Waals surface area (Å²) >= 11 is 3.61. The molecule has 0 bridgehead atoms. The number of anilines is 3. The highest BCUT2D eigenvalue weighted by Gasteiger charge is 2.46. The van der Waals surface area contributed by atoms with Crippen LogP contribution in [0.25, 0.3) is 52.1 Å². The molecule has 0 saturated carbocycles. The summed E-state index contributed by atoms with van der Waals surface area (Å²) < 4.78 is 3.73. The maximum atomic E-state index is 5.19. The molecule has 2 heterocycles. The van der Waals surface area contributed by atoms with Crippen molar-refractivity contribution in [2.75, 3.05) is 4.90 Å². The highest BCUT2D eigenvalue weighted by Crippen LogP contribution is 2.57. The SMILES string of the molecule is c1ccc(-c2nc3cc(N(c4ccc5c(c4)C(c4ccccc4)(c4ccccc4)c4ccccc4-5)c4cccc5c4sc4ccccc45)ccc3s2)cc1. The Balaban J connectivity index is 1.19. The molecule has 1 aliphatic rings. The number of hydrogen-bond donors (Lipinski definition) is 0. The average molecular weight is 725 g/mol. The standard InChI is InChI=1S/C50H32N2S2/c1-4-15-33(16-5-1)49-51-44-32-37(28-30-47(44)54-49)52(45-25-14-23-41-40-22-11-13-26-46(40)53-48(41)45)36-27-29-39-38-21-10-12-24-42(38)50(43(39)31-36,34-17-6-2-7-18-34)35-19-8-3-9-20-35/h1-32H. The molecule has 4 heteroatoms. The Bertz CT molecular complexity index is 2960. The van der Waals surface area contributed by atoms with E-state index in [-0.39, 0.29) is 0 Å². The first-order valence-corrected chi connectivity index (χ1v) is 19.9. The lowest BCUT2D eigenvalue weighted by molar-refractivity contribution is 0.768. The molecule has 1 aliphatic carbocycles. The van der Waals surface area contributed by atoms with Crippen molar-refractivity contribution in [3.63, 3.8) is 0 Å². The largest absolute Gasteiger partial charge is 0.309 e. The molecule has 0 N–H and O–H groups in total. The maximum Gasteiger partial charge on any atom is 0.124 e. The molecule has 2 nitrogen and oxygen atoms in total. The van der Waals surface area contributed by atoms with Crippen LogP contribution in [0.1, 0.15) is 22.3 Å². The fraction of sp³-hybridized carbons (Fsp3) is 0.0200. The topological polar surface area (TPSA) is 16.1 Å². The Kier molecular flexibility index (Phi) is 7.16. The van der Waals surface area contributed by atoms with Gasteiger partial charge in [-0.05, 0) is 75.8 Å². The van der Waals surface area contributed by atoms with Crippen molar-refractivity contribution in [2.24, 2.45) is 0 Å². The van der Waals surface area contributed by atoms with E-state index >= 15 is 0 Å². The zero-order valence-electron chi connectivity index (χ0n) is 29.2. The summed E-state index contributed by atoms with van der Waals surface area (Å²) in [6.45, 7) is 0. The number of rotatable bonds is 6. The Labute approximate surface area is 321 Å². The molecule has 0 radical (unpaired) electrons. The molecule has 11 rings (SSSR count). The van der Waals surface area contributed by atoms with Gasteiger partial charge in [-0.25, -0.2) is 4.98 Å². The first-order chi connectivity index (χ1) is 26.8. The number of fused-ring (bicyclic) bond motifs is 7. The van der Waals surface area contributed by atoms with Gasteiger partial charge in [-0.3, -0.25) is 0 Å². The van der Waals surface area contributed by atoms with Crippen LogP contribution >= 0.6 is 22.7 Å². The van der Waals surface area contributed by atoms with Crippen LogP contribution in [0.15, 0.2) is 194 Å². The highest BCUT2D eigenvalue weighted by atomic mass is 32.1. The lowest BCUT2D eigenvalue weighted by Gasteiger charge is -2.35. The fourth-order valence-corrected chi connectivity index (χ4v) is 10.8. The van der Waals surface area contributed by atoms with Crippen molar-refractivity contribution in [3.8, 4) is 21.7 Å². The van der Waals surface area contributed by atoms with Crippen molar-refractivity contribution in [1.29, 1.82) is 0 Å². The molecule has 0 saturated heterocycles. The first kappa shape index (κ1) is 31.2. The van der Waals surface area contributed by atoms with E-state index in [1.807, 2.05) is 11.3 Å². The number of thiazole rings is 1. The van der Waals surface area contributed by atoms with Crippen LogP contribution in [-0.4, -0.2) is 4.98 Å². The predicted molar refractivity (Wildman–Crippen MR) is 230 cm³/mol. The minimum Gasteiger partial charge on any atom is -0.309 e. The fourth-order valence-electron chi connectivity index (χ4n) is 8.67. The average Bonchev–Trinajstić information content (AvgIpc) is 3.93. The van der Waals surface area contributed by atoms with Gasteiger partial charge in [0.1, 0.15) is 5.01 Å². The van der Waals surface area contributed by atoms with E-state index in [0.717, 1.165) is 33.1 Å². The van der Waals surface area contributed by atoms with Gasteiger partial charge >= 0.3 is 0 Å². The Hall–Kier alpha value is -6.33. The third-order valence-electron chi connectivity index (χ3n) is 11.0. The maximum absolute atomic E-state index is 5.19. The Morgan fingerprint density at radius 2 is 1.07 bits per heavy atom. The van der Waals surface area contributed by atoms with E-state index in [1.165, 1.54) is 58.3 Å². The van der Waals surface area contributed by atoms with Gasteiger partial charge in [-0.2, -0.15) is 0 Å². The summed E-state index contributed by atoms with van der Waals surface area (Å²) in [6.07, 6.45) is 0. The molecular weight excluding hydrogens is 693 g/mol. The summed E-state index contributed by atoms with van der Waals surface area (Å²) in [7, 11) is 0. The van der Waals surface area contributed by atoms with Gasteiger partial charge in [0.25, 0.3) is 0 Å². The number of thiophene rings is 1. The third-order valence-corrected chi connectivity index (χ3v) is 13.3. The quantitative estimate of drug-likeness (QED) is 0.170. The van der Waals surface area contributed by atoms with Gasteiger partial charge in [-0.15, -0.1) is 22.7 Å². The van der Waals surface area contributed by atoms with Crippen molar-refractivity contribution in [2.45, 2.75) is 5.41 Å². The van der Waals surface area contributed by atoms with Gasteiger partial charge < -0.3 is 4.90 Å². The molecule has 0 unspecified atom stereocenters. The van der Waals surface area contributed by atoms with Gasteiger partial charge in [0.2, 0.25) is 0 Å².